The van der Waals surface area contributed by atoms with Gasteiger partial charge in [-0.05, 0) is 6.92 Å². The Morgan fingerprint density at radius 1 is 1.35 bits per heavy atom. The Morgan fingerprint density at radius 2 is 2.00 bits per heavy atom. The molecule has 0 N–H and O–H groups in total. The lowest BCUT2D eigenvalue weighted by atomic mass is 10.0. The number of nitrogens with zero attached hydrogens (tertiary/aromatic N) is 3. The first-order valence-electron chi connectivity index (χ1n) is 6.74. The van der Waals surface area contributed by atoms with Crippen LogP contribution in [-0.4, -0.2) is 42.0 Å². The van der Waals surface area contributed by atoms with E-state index < -0.39 is 5.79 Å². The van der Waals surface area contributed by atoms with Crippen LogP contribution in [0.25, 0.3) is 0 Å². The molecule has 1 spiro atoms. The van der Waals surface area contributed by atoms with Gasteiger partial charge in [0.15, 0.2) is 5.79 Å². The fraction of sp³-hybridized carbons (Fsp3) is 0.615. The number of nitro groups is 1. The first-order valence-corrected chi connectivity index (χ1v) is 6.74. The van der Waals surface area contributed by atoms with Crippen molar-refractivity contribution in [2.75, 3.05) is 31.2 Å². The largest absolute Gasteiger partial charge is 0.356 e. The molecule has 0 atom stereocenters. The van der Waals surface area contributed by atoms with Gasteiger partial charge < -0.3 is 14.4 Å². The third kappa shape index (κ3) is 2.34. The van der Waals surface area contributed by atoms with Crippen LogP contribution in [0.4, 0.5) is 11.5 Å². The molecule has 3 rings (SSSR count). The predicted molar refractivity (Wildman–Crippen MR) is 71.7 cm³/mol. The zero-order chi connectivity index (χ0) is 14.2. The van der Waals surface area contributed by atoms with Crippen LogP contribution < -0.4 is 4.90 Å². The van der Waals surface area contributed by atoms with Gasteiger partial charge in [0.1, 0.15) is 5.82 Å². The molecule has 2 aliphatic heterocycles. The Labute approximate surface area is 116 Å². The quantitative estimate of drug-likeness (QED) is 0.605. The second-order valence-electron chi connectivity index (χ2n) is 5.18. The highest BCUT2D eigenvalue weighted by Crippen LogP contribution is 2.33. The average Bonchev–Trinajstić information content (AvgIpc) is 2.88. The number of piperidine rings is 1. The first-order chi connectivity index (χ1) is 9.60. The molecule has 0 bridgehead atoms. The van der Waals surface area contributed by atoms with Crippen molar-refractivity contribution in [3.05, 3.63) is 27.9 Å². The molecule has 7 heteroatoms. The van der Waals surface area contributed by atoms with Crippen LogP contribution in [0.2, 0.25) is 0 Å². The van der Waals surface area contributed by atoms with Gasteiger partial charge in [-0.2, -0.15) is 0 Å². The third-order valence-electron chi connectivity index (χ3n) is 3.92. The summed E-state index contributed by atoms with van der Waals surface area (Å²) in [5.41, 5.74) is 0.693. The summed E-state index contributed by atoms with van der Waals surface area (Å²) in [6, 6.07) is 1.55. The van der Waals surface area contributed by atoms with E-state index in [9.17, 15) is 10.1 Å². The lowest BCUT2D eigenvalue weighted by molar-refractivity contribution is -0.385. The second-order valence-corrected chi connectivity index (χ2v) is 5.18. The van der Waals surface area contributed by atoms with Crippen LogP contribution in [0.5, 0.6) is 0 Å². The summed E-state index contributed by atoms with van der Waals surface area (Å²) >= 11 is 0. The van der Waals surface area contributed by atoms with Crippen LogP contribution in [0.15, 0.2) is 12.3 Å². The molecular weight excluding hydrogens is 262 g/mol. The second kappa shape index (κ2) is 4.99. The molecule has 3 heterocycles. The van der Waals surface area contributed by atoms with Crippen LogP contribution >= 0.6 is 0 Å². The smallest absolute Gasteiger partial charge is 0.277 e. The van der Waals surface area contributed by atoms with Gasteiger partial charge in [-0.1, -0.05) is 0 Å². The molecule has 2 fully saturated rings. The molecule has 1 aromatic heterocycles. The van der Waals surface area contributed by atoms with E-state index in [1.807, 2.05) is 4.90 Å². The Balaban J connectivity index is 1.75. The molecule has 0 amide bonds. The van der Waals surface area contributed by atoms with Crippen LogP contribution in [0, 0.1) is 17.0 Å². The summed E-state index contributed by atoms with van der Waals surface area (Å²) in [5.74, 6) is 0.211. The summed E-state index contributed by atoms with van der Waals surface area (Å²) in [4.78, 5) is 17.0. The first kappa shape index (κ1) is 13.3. The van der Waals surface area contributed by atoms with Crippen molar-refractivity contribution >= 4 is 11.5 Å². The van der Waals surface area contributed by atoms with E-state index in [-0.39, 0.29) is 10.6 Å². The normalized spacial score (nSPS) is 21.4. The average molecular weight is 279 g/mol. The fourth-order valence-electron chi connectivity index (χ4n) is 2.73. The van der Waals surface area contributed by atoms with Gasteiger partial charge in [0.2, 0.25) is 0 Å². The van der Waals surface area contributed by atoms with E-state index >= 15 is 0 Å². The number of aromatic nitrogens is 1. The van der Waals surface area contributed by atoms with Crippen LogP contribution in [0.3, 0.4) is 0 Å². The zero-order valence-corrected chi connectivity index (χ0v) is 11.4. The van der Waals surface area contributed by atoms with E-state index in [1.165, 1.54) is 0 Å². The molecule has 0 aliphatic carbocycles. The summed E-state index contributed by atoms with van der Waals surface area (Å²) in [5, 5.41) is 11.0. The van der Waals surface area contributed by atoms with Gasteiger partial charge in [-0.15, -0.1) is 0 Å². The fourth-order valence-corrected chi connectivity index (χ4v) is 2.73. The Bertz CT molecular complexity index is 518. The summed E-state index contributed by atoms with van der Waals surface area (Å²) in [7, 11) is 0. The molecule has 0 unspecified atom stereocenters. The number of ether oxygens (including phenoxy) is 2. The Hall–Kier alpha value is -1.73. The minimum Gasteiger partial charge on any atom is -0.356 e. The van der Waals surface area contributed by atoms with E-state index in [0.29, 0.717) is 24.6 Å². The minimum atomic E-state index is -0.437. The Morgan fingerprint density at radius 3 is 2.60 bits per heavy atom. The van der Waals surface area contributed by atoms with Crippen molar-refractivity contribution in [3.8, 4) is 0 Å². The molecule has 20 heavy (non-hydrogen) atoms. The molecule has 0 radical (unpaired) electrons. The molecule has 1 aromatic rings. The van der Waals surface area contributed by atoms with E-state index in [2.05, 4.69) is 4.98 Å². The van der Waals surface area contributed by atoms with Crippen LogP contribution in [0.1, 0.15) is 18.4 Å². The number of hydrogen-bond acceptors (Lipinski definition) is 6. The summed E-state index contributed by atoms with van der Waals surface area (Å²) in [6.45, 7) is 4.45. The third-order valence-corrected chi connectivity index (χ3v) is 3.92. The SMILES string of the molecule is Cc1cnc(N2CCC3(CC2)OCCO3)cc1[N+](=O)[O-]. The van der Waals surface area contributed by atoms with Gasteiger partial charge in [0, 0.05) is 37.7 Å². The predicted octanol–water partition coefficient (Wildman–Crippen LogP) is 1.64. The molecule has 0 aromatic carbocycles. The number of hydrogen-bond donors (Lipinski definition) is 0. The van der Waals surface area contributed by atoms with E-state index in [1.54, 1.807) is 19.2 Å². The number of pyridine rings is 1. The maximum absolute atomic E-state index is 11.0. The monoisotopic (exact) mass is 279 g/mol. The highest BCUT2D eigenvalue weighted by molar-refractivity contribution is 5.50. The Kier molecular flexibility index (Phi) is 3.31. The zero-order valence-electron chi connectivity index (χ0n) is 11.4. The number of anilines is 1. The van der Waals surface area contributed by atoms with Gasteiger partial charge in [0.25, 0.3) is 5.69 Å². The van der Waals surface area contributed by atoms with Gasteiger partial charge >= 0.3 is 0 Å². The molecule has 0 saturated carbocycles. The van der Waals surface area contributed by atoms with E-state index in [4.69, 9.17) is 9.47 Å². The molecule has 108 valence electrons. The lowest BCUT2D eigenvalue weighted by Gasteiger charge is -2.38. The number of rotatable bonds is 2. The maximum atomic E-state index is 11.0. The summed E-state index contributed by atoms with van der Waals surface area (Å²) < 4.78 is 11.3. The molecular formula is C13H17N3O4. The van der Waals surface area contributed by atoms with E-state index in [0.717, 1.165) is 25.9 Å². The standard InChI is InChI=1S/C13H17N3O4/c1-10-9-14-12(8-11(10)16(17)18)15-4-2-13(3-5-15)19-6-7-20-13/h8-9H,2-7H2,1H3. The van der Waals surface area contributed by atoms with Gasteiger partial charge in [0.05, 0.1) is 24.2 Å². The maximum Gasteiger partial charge on any atom is 0.277 e. The topological polar surface area (TPSA) is 77.7 Å². The van der Waals surface area contributed by atoms with Gasteiger partial charge in [-0.25, -0.2) is 4.98 Å². The van der Waals surface area contributed by atoms with Crippen LogP contribution in [-0.2, 0) is 9.47 Å². The van der Waals surface area contributed by atoms with Crippen molar-refractivity contribution in [1.82, 2.24) is 4.98 Å². The molecule has 2 aliphatic rings. The highest BCUT2D eigenvalue weighted by atomic mass is 16.7. The van der Waals surface area contributed by atoms with Crippen molar-refractivity contribution in [3.63, 3.8) is 0 Å². The lowest BCUT2D eigenvalue weighted by Crippen LogP contribution is -2.45. The number of aryl methyl sites for hydroxylation is 1. The molecule has 7 nitrogen and oxygen atoms in total. The van der Waals surface area contributed by atoms with Crippen molar-refractivity contribution in [2.45, 2.75) is 25.6 Å². The van der Waals surface area contributed by atoms with Crippen molar-refractivity contribution < 1.29 is 14.4 Å². The summed E-state index contributed by atoms with van der Waals surface area (Å²) in [6.07, 6.45) is 3.08. The van der Waals surface area contributed by atoms with Crippen molar-refractivity contribution in [1.29, 1.82) is 0 Å². The van der Waals surface area contributed by atoms with Gasteiger partial charge in [-0.3, -0.25) is 10.1 Å². The van der Waals surface area contributed by atoms with Crippen molar-refractivity contribution in [2.24, 2.45) is 0 Å². The minimum absolute atomic E-state index is 0.114. The highest BCUT2D eigenvalue weighted by Gasteiger charge is 2.40. The molecule has 2 saturated heterocycles.